The minimum absolute atomic E-state index is 0.116. The van der Waals surface area contributed by atoms with E-state index >= 15 is 0 Å². The van der Waals surface area contributed by atoms with Gasteiger partial charge in [0, 0.05) is 22.3 Å². The number of benzene rings is 2. The molecule has 0 aromatic heterocycles. The van der Waals surface area contributed by atoms with Gasteiger partial charge in [0.2, 0.25) is 5.96 Å². The number of aliphatic imine (C=N–C) groups is 1. The monoisotopic (exact) mass is 415 g/mol. The maximum atomic E-state index is 12.6. The van der Waals surface area contributed by atoms with Crippen molar-refractivity contribution < 1.29 is 9.53 Å². The Kier molecular flexibility index (Phi) is 6.41. The maximum absolute atomic E-state index is 12.6. The molecule has 136 valence electrons. The van der Waals surface area contributed by atoms with Gasteiger partial charge in [-0.05, 0) is 50.1 Å². The fourth-order valence-electron chi connectivity index (χ4n) is 2.76. The van der Waals surface area contributed by atoms with Crippen molar-refractivity contribution >= 4 is 33.5 Å². The summed E-state index contributed by atoms with van der Waals surface area (Å²) in [4.78, 5) is 17.1. The van der Waals surface area contributed by atoms with Crippen molar-refractivity contribution in [3.05, 3.63) is 64.1 Å². The van der Waals surface area contributed by atoms with Crippen molar-refractivity contribution in [3.63, 3.8) is 0 Å². The van der Waals surface area contributed by atoms with E-state index in [1.807, 2.05) is 49.4 Å². The summed E-state index contributed by atoms with van der Waals surface area (Å²) >= 11 is 3.45. The largest absolute Gasteiger partial charge is 0.376 e. The molecule has 5 nitrogen and oxygen atoms in total. The normalized spacial score (nSPS) is 17.2. The Bertz CT molecular complexity index is 801. The predicted octanol–water partition coefficient (Wildman–Crippen LogP) is 4.13. The lowest BCUT2D eigenvalue weighted by atomic mass is 10.1. The van der Waals surface area contributed by atoms with Gasteiger partial charge in [-0.2, -0.15) is 0 Å². The van der Waals surface area contributed by atoms with E-state index < -0.39 is 0 Å². The van der Waals surface area contributed by atoms with Gasteiger partial charge in [0.05, 0.1) is 12.6 Å². The number of hydrogen-bond acceptors (Lipinski definition) is 3. The van der Waals surface area contributed by atoms with Crippen LogP contribution in [0.4, 0.5) is 5.69 Å². The summed E-state index contributed by atoms with van der Waals surface area (Å²) in [7, 11) is 0. The van der Waals surface area contributed by atoms with Gasteiger partial charge in [-0.15, -0.1) is 0 Å². The van der Waals surface area contributed by atoms with Crippen LogP contribution < -0.4 is 10.6 Å². The van der Waals surface area contributed by atoms with E-state index in [0.717, 1.165) is 35.2 Å². The van der Waals surface area contributed by atoms with Crippen LogP contribution in [-0.4, -0.2) is 31.1 Å². The number of hydrogen-bond donors (Lipinski definition) is 2. The number of aryl methyl sites for hydroxylation is 1. The molecule has 26 heavy (non-hydrogen) atoms. The van der Waals surface area contributed by atoms with Crippen LogP contribution >= 0.6 is 15.9 Å². The standard InChI is InChI=1S/C20H22BrN3O2/c1-14-5-2-6-15(11-14)19(25)24-20(22-13-18-9-4-10-26-18)23-17-8-3-7-16(21)12-17/h2-3,5-8,11-12,18H,4,9-10,13H2,1H3,(H2,22,23,24,25)/t18-/m1/s1. The SMILES string of the molecule is Cc1cccc(C(=O)NC(=NC[C@H]2CCCO2)Nc2cccc(Br)c2)c1. The third-order valence-electron chi connectivity index (χ3n) is 4.08. The zero-order valence-electron chi connectivity index (χ0n) is 14.7. The summed E-state index contributed by atoms with van der Waals surface area (Å²) in [5.41, 5.74) is 2.48. The second-order valence-corrected chi connectivity index (χ2v) is 7.20. The predicted molar refractivity (Wildman–Crippen MR) is 108 cm³/mol. The van der Waals surface area contributed by atoms with Crippen LogP contribution in [0.3, 0.4) is 0 Å². The maximum Gasteiger partial charge on any atom is 0.257 e. The number of carbonyl (C=O) groups excluding carboxylic acids is 1. The number of guanidine groups is 1. The van der Waals surface area contributed by atoms with E-state index in [-0.39, 0.29) is 12.0 Å². The molecule has 2 aromatic carbocycles. The molecule has 1 heterocycles. The van der Waals surface area contributed by atoms with Gasteiger partial charge in [-0.3, -0.25) is 10.1 Å². The molecule has 0 radical (unpaired) electrons. The molecule has 1 saturated heterocycles. The summed E-state index contributed by atoms with van der Waals surface area (Å²) in [5.74, 6) is 0.229. The Morgan fingerprint density at radius 3 is 2.85 bits per heavy atom. The van der Waals surface area contributed by atoms with Crippen molar-refractivity contribution in [1.29, 1.82) is 0 Å². The van der Waals surface area contributed by atoms with E-state index in [0.29, 0.717) is 18.1 Å². The minimum Gasteiger partial charge on any atom is -0.376 e. The first kappa shape index (κ1) is 18.6. The lowest BCUT2D eigenvalue weighted by Crippen LogP contribution is -2.36. The smallest absolute Gasteiger partial charge is 0.257 e. The van der Waals surface area contributed by atoms with E-state index in [1.54, 1.807) is 6.07 Å². The van der Waals surface area contributed by atoms with Crippen molar-refractivity contribution in [1.82, 2.24) is 5.32 Å². The van der Waals surface area contributed by atoms with Crippen molar-refractivity contribution in [2.24, 2.45) is 4.99 Å². The summed E-state index contributed by atoms with van der Waals surface area (Å²) in [5, 5.41) is 6.07. The van der Waals surface area contributed by atoms with E-state index in [1.165, 1.54) is 0 Å². The van der Waals surface area contributed by atoms with Crippen LogP contribution in [0.2, 0.25) is 0 Å². The molecule has 0 unspecified atom stereocenters. The zero-order chi connectivity index (χ0) is 18.4. The highest BCUT2D eigenvalue weighted by atomic mass is 79.9. The van der Waals surface area contributed by atoms with Crippen LogP contribution in [0.1, 0.15) is 28.8 Å². The lowest BCUT2D eigenvalue weighted by molar-refractivity contribution is 0.0975. The first-order valence-corrected chi connectivity index (χ1v) is 9.46. The summed E-state index contributed by atoms with van der Waals surface area (Å²) < 4.78 is 6.57. The highest BCUT2D eigenvalue weighted by Crippen LogP contribution is 2.16. The molecule has 1 aliphatic heterocycles. The lowest BCUT2D eigenvalue weighted by Gasteiger charge is -2.14. The molecule has 0 bridgehead atoms. The molecule has 1 amide bonds. The second kappa shape index (κ2) is 8.96. The third kappa shape index (κ3) is 5.41. The Balaban J connectivity index is 1.75. The fourth-order valence-corrected chi connectivity index (χ4v) is 3.16. The van der Waals surface area contributed by atoms with Crippen LogP contribution in [-0.2, 0) is 4.74 Å². The number of carbonyl (C=O) groups is 1. The topological polar surface area (TPSA) is 62.7 Å². The quantitative estimate of drug-likeness (QED) is 0.582. The van der Waals surface area contributed by atoms with E-state index in [9.17, 15) is 4.79 Å². The number of nitrogens with one attached hydrogen (secondary N) is 2. The van der Waals surface area contributed by atoms with Crippen LogP contribution in [0.15, 0.2) is 58.0 Å². The molecule has 0 aliphatic carbocycles. The number of rotatable bonds is 4. The molecular formula is C20H22BrN3O2. The van der Waals surface area contributed by atoms with Gasteiger partial charge < -0.3 is 10.1 Å². The molecule has 1 atom stereocenters. The summed E-state index contributed by atoms with van der Waals surface area (Å²) in [6, 6.07) is 15.2. The molecular weight excluding hydrogens is 394 g/mol. The van der Waals surface area contributed by atoms with Crippen LogP contribution in [0.25, 0.3) is 0 Å². The molecule has 2 N–H and O–H groups in total. The fraction of sp³-hybridized carbons (Fsp3) is 0.300. The number of halogens is 1. The Labute approximate surface area is 162 Å². The molecule has 1 aliphatic rings. The van der Waals surface area contributed by atoms with Crippen LogP contribution in [0.5, 0.6) is 0 Å². The molecule has 0 saturated carbocycles. The van der Waals surface area contributed by atoms with E-state index in [4.69, 9.17) is 4.74 Å². The average molecular weight is 416 g/mol. The Hall–Kier alpha value is -2.18. The molecule has 6 heteroatoms. The van der Waals surface area contributed by atoms with Crippen LogP contribution in [0, 0.1) is 6.92 Å². The van der Waals surface area contributed by atoms with Crippen molar-refractivity contribution in [3.8, 4) is 0 Å². The van der Waals surface area contributed by atoms with Gasteiger partial charge in [0.15, 0.2) is 0 Å². The minimum atomic E-state index is -0.192. The average Bonchev–Trinajstić information content (AvgIpc) is 3.13. The molecule has 3 rings (SSSR count). The van der Waals surface area contributed by atoms with Gasteiger partial charge in [0.25, 0.3) is 5.91 Å². The Morgan fingerprint density at radius 2 is 2.12 bits per heavy atom. The zero-order valence-corrected chi connectivity index (χ0v) is 16.3. The third-order valence-corrected chi connectivity index (χ3v) is 4.57. The first-order valence-electron chi connectivity index (χ1n) is 8.67. The summed E-state index contributed by atoms with van der Waals surface area (Å²) in [6.45, 7) is 3.26. The number of nitrogens with zero attached hydrogens (tertiary/aromatic N) is 1. The highest BCUT2D eigenvalue weighted by molar-refractivity contribution is 9.10. The molecule has 0 spiro atoms. The van der Waals surface area contributed by atoms with Gasteiger partial charge in [-0.25, -0.2) is 4.99 Å². The second-order valence-electron chi connectivity index (χ2n) is 6.28. The van der Waals surface area contributed by atoms with Gasteiger partial charge in [0.1, 0.15) is 0 Å². The Morgan fingerprint density at radius 1 is 1.27 bits per heavy atom. The molecule has 2 aromatic rings. The highest BCUT2D eigenvalue weighted by Gasteiger charge is 2.16. The first-order chi connectivity index (χ1) is 12.6. The van der Waals surface area contributed by atoms with Gasteiger partial charge in [-0.1, -0.05) is 39.7 Å². The van der Waals surface area contributed by atoms with E-state index in [2.05, 4.69) is 31.6 Å². The van der Waals surface area contributed by atoms with Crippen molar-refractivity contribution in [2.75, 3.05) is 18.5 Å². The van der Waals surface area contributed by atoms with Crippen molar-refractivity contribution in [2.45, 2.75) is 25.9 Å². The number of ether oxygens (including phenoxy) is 1. The van der Waals surface area contributed by atoms with Gasteiger partial charge >= 0.3 is 0 Å². The molecule has 1 fully saturated rings. The summed E-state index contributed by atoms with van der Waals surface area (Å²) in [6.07, 6.45) is 2.18. The number of anilines is 1. The number of amides is 1.